The van der Waals surface area contributed by atoms with Gasteiger partial charge in [-0.3, -0.25) is 4.79 Å². The van der Waals surface area contributed by atoms with Crippen molar-refractivity contribution in [1.29, 1.82) is 0 Å². The molecule has 1 aromatic heterocycles. The Morgan fingerprint density at radius 3 is 3.26 bits per heavy atom. The number of nitrogens with zero attached hydrogens (tertiary/aromatic N) is 2. The lowest BCUT2D eigenvalue weighted by atomic mass is 10.0. The zero-order chi connectivity index (χ0) is 13.2. The minimum absolute atomic E-state index is 0.148. The standard InChI is InChI=1S/C15H19N3O/c1-2-3-11-6-7-18(9-11)15(19)12-4-5-13-14(8-12)17-10-16-13/h4-5,8,10-11H,2-3,6-7,9H2,1H3,(H,16,17). The molecule has 4 nitrogen and oxygen atoms in total. The summed E-state index contributed by atoms with van der Waals surface area (Å²) in [5.41, 5.74) is 2.59. The van der Waals surface area contributed by atoms with Gasteiger partial charge in [-0.1, -0.05) is 13.3 Å². The summed E-state index contributed by atoms with van der Waals surface area (Å²) >= 11 is 0. The summed E-state index contributed by atoms with van der Waals surface area (Å²) in [6.07, 6.45) is 5.23. The van der Waals surface area contributed by atoms with Crippen LogP contribution >= 0.6 is 0 Å². The summed E-state index contributed by atoms with van der Waals surface area (Å²) in [6, 6.07) is 5.68. The third kappa shape index (κ3) is 2.35. The molecule has 1 amide bonds. The van der Waals surface area contributed by atoms with Crippen molar-refractivity contribution in [2.24, 2.45) is 5.92 Å². The van der Waals surface area contributed by atoms with Gasteiger partial charge in [0.15, 0.2) is 0 Å². The number of rotatable bonds is 3. The molecule has 3 rings (SSSR count). The van der Waals surface area contributed by atoms with E-state index in [9.17, 15) is 4.79 Å². The molecule has 4 heteroatoms. The molecular weight excluding hydrogens is 238 g/mol. The summed E-state index contributed by atoms with van der Waals surface area (Å²) in [6.45, 7) is 4.01. The summed E-state index contributed by atoms with van der Waals surface area (Å²) < 4.78 is 0. The summed E-state index contributed by atoms with van der Waals surface area (Å²) in [5.74, 6) is 0.833. The molecule has 1 aliphatic rings. The third-order valence-electron chi connectivity index (χ3n) is 3.94. The Balaban J connectivity index is 1.76. The SMILES string of the molecule is CCCC1CCN(C(=O)c2ccc3nc[nH]c3c2)C1. The van der Waals surface area contributed by atoms with Crippen LogP contribution < -0.4 is 0 Å². The highest BCUT2D eigenvalue weighted by atomic mass is 16.2. The predicted octanol–water partition coefficient (Wildman–Crippen LogP) is 2.83. The van der Waals surface area contributed by atoms with E-state index in [1.165, 1.54) is 12.8 Å². The number of H-pyrrole nitrogens is 1. The molecule has 0 saturated carbocycles. The van der Waals surface area contributed by atoms with Gasteiger partial charge in [-0.05, 0) is 37.0 Å². The summed E-state index contributed by atoms with van der Waals surface area (Å²) in [7, 11) is 0. The molecule has 0 aliphatic carbocycles. The monoisotopic (exact) mass is 257 g/mol. The number of aromatic nitrogens is 2. The Labute approximate surface area is 112 Å². The van der Waals surface area contributed by atoms with Crippen molar-refractivity contribution in [3.63, 3.8) is 0 Å². The number of benzene rings is 1. The molecule has 1 saturated heterocycles. The molecule has 1 aromatic carbocycles. The largest absolute Gasteiger partial charge is 0.345 e. The Morgan fingerprint density at radius 1 is 1.53 bits per heavy atom. The Kier molecular flexibility index (Phi) is 3.23. The summed E-state index contributed by atoms with van der Waals surface area (Å²) in [4.78, 5) is 21.7. The average molecular weight is 257 g/mol. The number of carbonyl (C=O) groups is 1. The van der Waals surface area contributed by atoms with E-state index in [4.69, 9.17) is 0 Å². The molecule has 2 heterocycles. The second kappa shape index (κ2) is 5.03. The minimum Gasteiger partial charge on any atom is -0.345 e. The molecule has 0 spiro atoms. The number of amides is 1. The third-order valence-corrected chi connectivity index (χ3v) is 3.94. The van der Waals surface area contributed by atoms with E-state index in [0.29, 0.717) is 5.92 Å². The van der Waals surface area contributed by atoms with Crippen molar-refractivity contribution in [2.45, 2.75) is 26.2 Å². The van der Waals surface area contributed by atoms with E-state index in [1.807, 2.05) is 23.1 Å². The number of carbonyl (C=O) groups excluding carboxylic acids is 1. The zero-order valence-electron chi connectivity index (χ0n) is 11.2. The summed E-state index contributed by atoms with van der Waals surface area (Å²) in [5, 5.41) is 0. The highest BCUT2D eigenvalue weighted by Crippen LogP contribution is 2.23. The van der Waals surface area contributed by atoms with Gasteiger partial charge in [-0.2, -0.15) is 0 Å². The Morgan fingerprint density at radius 2 is 2.42 bits per heavy atom. The lowest BCUT2D eigenvalue weighted by Gasteiger charge is -2.16. The highest BCUT2D eigenvalue weighted by Gasteiger charge is 2.26. The first-order valence-corrected chi connectivity index (χ1v) is 7.00. The van der Waals surface area contributed by atoms with E-state index in [2.05, 4.69) is 16.9 Å². The molecule has 1 unspecified atom stereocenters. The molecular formula is C15H19N3O. The molecule has 100 valence electrons. The smallest absolute Gasteiger partial charge is 0.253 e. The lowest BCUT2D eigenvalue weighted by molar-refractivity contribution is 0.0786. The normalized spacial score (nSPS) is 19.2. The number of imidazole rings is 1. The second-order valence-corrected chi connectivity index (χ2v) is 5.33. The van der Waals surface area contributed by atoms with Crippen LogP contribution in [0.4, 0.5) is 0 Å². The van der Waals surface area contributed by atoms with Gasteiger partial charge >= 0.3 is 0 Å². The van der Waals surface area contributed by atoms with Crippen LogP contribution in [0.3, 0.4) is 0 Å². The molecule has 19 heavy (non-hydrogen) atoms. The predicted molar refractivity (Wildman–Crippen MR) is 75.0 cm³/mol. The minimum atomic E-state index is 0.148. The first-order valence-electron chi connectivity index (χ1n) is 7.00. The van der Waals surface area contributed by atoms with Crippen molar-refractivity contribution < 1.29 is 4.79 Å². The molecule has 1 aliphatic heterocycles. The van der Waals surface area contributed by atoms with Gasteiger partial charge < -0.3 is 9.88 Å². The number of nitrogens with one attached hydrogen (secondary N) is 1. The number of hydrogen-bond donors (Lipinski definition) is 1. The van der Waals surface area contributed by atoms with E-state index < -0.39 is 0 Å². The quantitative estimate of drug-likeness (QED) is 0.919. The van der Waals surface area contributed by atoms with Gasteiger partial charge in [0, 0.05) is 18.7 Å². The Bertz CT molecular complexity index is 590. The molecule has 1 N–H and O–H groups in total. The van der Waals surface area contributed by atoms with Crippen molar-refractivity contribution in [3.05, 3.63) is 30.1 Å². The van der Waals surface area contributed by atoms with Gasteiger partial charge in [0.25, 0.3) is 5.91 Å². The van der Waals surface area contributed by atoms with Crippen LogP contribution in [0.25, 0.3) is 11.0 Å². The van der Waals surface area contributed by atoms with E-state index in [-0.39, 0.29) is 5.91 Å². The molecule has 2 aromatic rings. The fraction of sp³-hybridized carbons (Fsp3) is 0.467. The van der Waals surface area contributed by atoms with Gasteiger partial charge in [0.1, 0.15) is 0 Å². The molecule has 1 atom stereocenters. The molecule has 0 bridgehead atoms. The fourth-order valence-corrected chi connectivity index (χ4v) is 2.91. The maximum Gasteiger partial charge on any atom is 0.253 e. The van der Waals surface area contributed by atoms with Crippen LogP contribution in [-0.2, 0) is 0 Å². The number of hydrogen-bond acceptors (Lipinski definition) is 2. The first kappa shape index (κ1) is 12.2. The van der Waals surface area contributed by atoms with Crippen molar-refractivity contribution >= 4 is 16.9 Å². The molecule has 1 fully saturated rings. The van der Waals surface area contributed by atoms with Gasteiger partial charge in [-0.25, -0.2) is 4.98 Å². The van der Waals surface area contributed by atoms with Crippen molar-refractivity contribution in [1.82, 2.24) is 14.9 Å². The fourth-order valence-electron chi connectivity index (χ4n) is 2.91. The van der Waals surface area contributed by atoms with Gasteiger partial charge in [-0.15, -0.1) is 0 Å². The van der Waals surface area contributed by atoms with Gasteiger partial charge in [0.2, 0.25) is 0 Å². The van der Waals surface area contributed by atoms with Crippen LogP contribution in [0.2, 0.25) is 0 Å². The maximum absolute atomic E-state index is 12.5. The van der Waals surface area contributed by atoms with Crippen LogP contribution in [0.1, 0.15) is 36.5 Å². The Hall–Kier alpha value is -1.84. The van der Waals surface area contributed by atoms with Crippen LogP contribution in [-0.4, -0.2) is 33.9 Å². The van der Waals surface area contributed by atoms with Crippen LogP contribution in [0.5, 0.6) is 0 Å². The van der Waals surface area contributed by atoms with Crippen LogP contribution in [0, 0.1) is 5.92 Å². The highest BCUT2D eigenvalue weighted by molar-refractivity contribution is 5.97. The number of aromatic amines is 1. The first-order chi connectivity index (χ1) is 9.28. The van der Waals surface area contributed by atoms with E-state index in [0.717, 1.165) is 36.1 Å². The zero-order valence-corrected chi connectivity index (χ0v) is 11.2. The van der Waals surface area contributed by atoms with Crippen molar-refractivity contribution in [2.75, 3.05) is 13.1 Å². The van der Waals surface area contributed by atoms with Gasteiger partial charge in [0.05, 0.1) is 17.4 Å². The molecule has 0 radical (unpaired) electrons. The van der Waals surface area contributed by atoms with Crippen LogP contribution in [0.15, 0.2) is 24.5 Å². The average Bonchev–Trinajstić information content (AvgIpc) is 3.05. The lowest BCUT2D eigenvalue weighted by Crippen LogP contribution is -2.28. The van der Waals surface area contributed by atoms with Crippen molar-refractivity contribution in [3.8, 4) is 0 Å². The number of fused-ring (bicyclic) bond motifs is 1. The van der Waals surface area contributed by atoms with E-state index in [1.54, 1.807) is 6.33 Å². The maximum atomic E-state index is 12.5. The second-order valence-electron chi connectivity index (χ2n) is 5.33. The number of likely N-dealkylation sites (tertiary alicyclic amines) is 1. The van der Waals surface area contributed by atoms with E-state index >= 15 is 0 Å². The topological polar surface area (TPSA) is 49.0 Å².